The molecule has 0 spiro atoms. The summed E-state index contributed by atoms with van der Waals surface area (Å²) in [6, 6.07) is 23.7. The van der Waals surface area contributed by atoms with E-state index >= 15 is 0 Å². The van der Waals surface area contributed by atoms with Crippen molar-refractivity contribution >= 4 is 44.6 Å². The number of methoxy groups -OCH3 is 2. The average molecular weight is 671 g/mol. The van der Waals surface area contributed by atoms with Gasteiger partial charge in [-0.25, -0.2) is 4.98 Å². The van der Waals surface area contributed by atoms with Gasteiger partial charge >= 0.3 is 0 Å². The van der Waals surface area contributed by atoms with Gasteiger partial charge in [0.05, 0.1) is 29.8 Å². The zero-order chi connectivity index (χ0) is 31.7. The smallest absolute Gasteiger partial charge is 0.285 e. The summed E-state index contributed by atoms with van der Waals surface area (Å²) in [5.41, 5.74) is 2.99. The fraction of sp³-hybridized carbons (Fsp3) is 0.176. The molecule has 3 aromatic carbocycles. The Balaban J connectivity index is 1.43. The topological polar surface area (TPSA) is 111 Å². The molecule has 228 valence electrons. The van der Waals surface area contributed by atoms with Gasteiger partial charge in [-0.05, 0) is 82.5 Å². The minimum Gasteiger partial charge on any atom is -0.497 e. The van der Waals surface area contributed by atoms with Gasteiger partial charge in [0.2, 0.25) is 5.88 Å². The normalized spacial score (nSPS) is 13.2. The zero-order valence-electron chi connectivity index (χ0n) is 24.7. The first-order valence-electron chi connectivity index (χ1n) is 14.0. The van der Waals surface area contributed by atoms with Crippen LogP contribution < -0.4 is 9.47 Å². The highest BCUT2D eigenvalue weighted by Crippen LogP contribution is 2.34. The van der Waals surface area contributed by atoms with Gasteiger partial charge in [-0.1, -0.05) is 36.4 Å². The highest BCUT2D eigenvalue weighted by molar-refractivity contribution is 9.10. The molecule has 3 heterocycles. The van der Waals surface area contributed by atoms with Crippen molar-refractivity contribution in [3.8, 4) is 11.6 Å². The summed E-state index contributed by atoms with van der Waals surface area (Å²) in [5.74, 6) is -0.312. The Bertz CT molecular complexity index is 1890. The molecule has 5 aromatic rings. The van der Waals surface area contributed by atoms with E-state index in [2.05, 4.69) is 20.9 Å². The van der Waals surface area contributed by atoms with E-state index in [1.165, 1.54) is 7.11 Å². The number of nitrogens with zero attached hydrogens (tertiary/aromatic N) is 3. The van der Waals surface area contributed by atoms with Crippen LogP contribution in [0.4, 0.5) is 0 Å². The first-order valence-corrected chi connectivity index (χ1v) is 14.8. The molecule has 0 fully saturated rings. The van der Waals surface area contributed by atoms with Crippen molar-refractivity contribution in [3.05, 3.63) is 123 Å². The molecule has 6 rings (SSSR count). The number of rotatable bonds is 10. The average Bonchev–Trinajstić information content (AvgIpc) is 3.60. The maximum absolute atomic E-state index is 14.4. The summed E-state index contributed by atoms with van der Waals surface area (Å²) >= 11 is 3.39. The molecule has 2 aromatic heterocycles. The molecular formula is C34H28BrN3O7. The number of pyridine rings is 1. The number of hydroxylamine groups is 2. The second-order valence-electron chi connectivity index (χ2n) is 10.4. The Labute approximate surface area is 267 Å². The van der Waals surface area contributed by atoms with Gasteiger partial charge in [0.15, 0.2) is 0 Å². The third-order valence-corrected chi connectivity index (χ3v) is 8.22. The van der Waals surface area contributed by atoms with Crippen molar-refractivity contribution in [2.75, 3.05) is 20.8 Å². The molecule has 0 bridgehead atoms. The van der Waals surface area contributed by atoms with E-state index in [0.717, 1.165) is 21.6 Å². The lowest BCUT2D eigenvalue weighted by Gasteiger charge is -2.31. The Morgan fingerprint density at radius 1 is 0.933 bits per heavy atom. The number of amides is 3. The summed E-state index contributed by atoms with van der Waals surface area (Å²) in [6.45, 7) is 1.79. The van der Waals surface area contributed by atoms with Crippen molar-refractivity contribution in [3.63, 3.8) is 0 Å². The third kappa shape index (κ3) is 5.79. The number of carbonyl (C=O) groups excluding carboxylic acids is 3. The summed E-state index contributed by atoms with van der Waals surface area (Å²) in [4.78, 5) is 52.6. The number of aromatic nitrogens is 1. The van der Waals surface area contributed by atoms with Crippen LogP contribution in [-0.2, 0) is 11.4 Å². The zero-order valence-corrected chi connectivity index (χ0v) is 26.2. The van der Waals surface area contributed by atoms with Gasteiger partial charge in [0, 0.05) is 11.9 Å². The van der Waals surface area contributed by atoms with E-state index in [1.54, 1.807) is 60.5 Å². The minimum atomic E-state index is -0.896. The van der Waals surface area contributed by atoms with Crippen molar-refractivity contribution < 1.29 is 33.1 Å². The van der Waals surface area contributed by atoms with Crippen LogP contribution >= 0.6 is 15.9 Å². The number of furan rings is 1. The lowest BCUT2D eigenvalue weighted by Crippen LogP contribution is -2.40. The predicted octanol–water partition coefficient (Wildman–Crippen LogP) is 6.53. The number of hydrogen-bond donors (Lipinski definition) is 0. The van der Waals surface area contributed by atoms with E-state index in [4.69, 9.17) is 18.7 Å². The summed E-state index contributed by atoms with van der Waals surface area (Å²) in [5, 5.41) is 1.60. The highest BCUT2D eigenvalue weighted by Gasteiger charge is 2.39. The van der Waals surface area contributed by atoms with Gasteiger partial charge in [0.1, 0.15) is 35.4 Å². The van der Waals surface area contributed by atoms with Crippen LogP contribution in [0.5, 0.6) is 11.6 Å². The van der Waals surface area contributed by atoms with E-state index in [9.17, 15) is 14.4 Å². The Kier molecular flexibility index (Phi) is 8.38. The van der Waals surface area contributed by atoms with Gasteiger partial charge in [-0.2, -0.15) is 0 Å². The van der Waals surface area contributed by atoms with Gasteiger partial charge in [-0.3, -0.25) is 19.2 Å². The molecule has 1 aliphatic rings. The predicted molar refractivity (Wildman–Crippen MR) is 168 cm³/mol. The number of benzene rings is 3. The number of aryl methyl sites for hydroxylation is 1. The number of hydrogen-bond acceptors (Lipinski definition) is 8. The second kappa shape index (κ2) is 12.5. The summed E-state index contributed by atoms with van der Waals surface area (Å²) in [6.07, 6.45) is 0. The number of ether oxygens (including phenoxy) is 2. The molecule has 3 amide bonds. The lowest BCUT2D eigenvalue weighted by molar-refractivity contribution is -0.108. The van der Waals surface area contributed by atoms with Gasteiger partial charge < -0.3 is 18.8 Å². The highest BCUT2D eigenvalue weighted by atomic mass is 79.9. The summed E-state index contributed by atoms with van der Waals surface area (Å²) in [7, 11) is 3.04. The van der Waals surface area contributed by atoms with Crippen LogP contribution in [0.2, 0.25) is 0 Å². The fourth-order valence-corrected chi connectivity index (χ4v) is 5.61. The number of carbonyl (C=O) groups is 3. The molecular weight excluding hydrogens is 642 g/mol. The van der Waals surface area contributed by atoms with Crippen LogP contribution in [0.1, 0.15) is 54.1 Å². The molecule has 1 unspecified atom stereocenters. The van der Waals surface area contributed by atoms with E-state index in [0.29, 0.717) is 21.6 Å². The molecule has 0 saturated carbocycles. The van der Waals surface area contributed by atoms with Crippen LogP contribution in [0.3, 0.4) is 0 Å². The van der Waals surface area contributed by atoms with E-state index in [-0.39, 0.29) is 35.9 Å². The van der Waals surface area contributed by atoms with Gasteiger partial charge in [-0.15, -0.1) is 5.06 Å². The van der Waals surface area contributed by atoms with Crippen molar-refractivity contribution in [1.82, 2.24) is 14.9 Å². The molecule has 10 nitrogen and oxygen atoms in total. The molecule has 1 atom stereocenters. The molecule has 1 aliphatic heterocycles. The second-order valence-corrected chi connectivity index (χ2v) is 11.2. The van der Waals surface area contributed by atoms with Crippen LogP contribution in [0, 0.1) is 6.92 Å². The van der Waals surface area contributed by atoms with Crippen molar-refractivity contribution in [2.24, 2.45) is 0 Å². The fourth-order valence-electron chi connectivity index (χ4n) is 5.23. The monoisotopic (exact) mass is 669 g/mol. The molecule has 0 saturated heterocycles. The Hall–Kier alpha value is -5.00. The van der Waals surface area contributed by atoms with Crippen LogP contribution in [-0.4, -0.2) is 53.5 Å². The quantitative estimate of drug-likeness (QED) is 0.154. The van der Waals surface area contributed by atoms with E-state index < -0.39 is 23.8 Å². The SMILES string of the molecule is COc1ccc(CN(C(=O)c2ccc(Br)c(OC)n2)C(CON2C(=O)c3ccccc3C2=O)c2cc3c(C)cccc3o2)cc1. The van der Waals surface area contributed by atoms with Crippen LogP contribution in [0.25, 0.3) is 11.0 Å². The molecule has 11 heteroatoms. The number of halogens is 1. The first kappa shape index (κ1) is 30.0. The maximum Gasteiger partial charge on any atom is 0.285 e. The maximum atomic E-state index is 14.4. The minimum absolute atomic E-state index is 0.106. The lowest BCUT2D eigenvalue weighted by atomic mass is 10.1. The van der Waals surface area contributed by atoms with Crippen molar-refractivity contribution in [1.29, 1.82) is 0 Å². The molecule has 0 aliphatic carbocycles. The summed E-state index contributed by atoms with van der Waals surface area (Å²) < 4.78 is 17.6. The third-order valence-electron chi connectivity index (χ3n) is 7.62. The Morgan fingerprint density at radius 2 is 1.64 bits per heavy atom. The Morgan fingerprint density at radius 3 is 2.29 bits per heavy atom. The standard InChI is InChI=1S/C34H28BrN3O7/c1-20-7-6-10-29-25(20)17-30(45-29)28(19-44-38-32(39)23-8-4-5-9-24(23)33(38)40)37(18-21-11-13-22(42-2)14-12-21)34(41)27-16-15-26(35)31(36-27)43-3/h4-17,28H,18-19H2,1-3H3. The molecule has 0 radical (unpaired) electrons. The van der Waals surface area contributed by atoms with Gasteiger partial charge in [0.25, 0.3) is 17.7 Å². The van der Waals surface area contributed by atoms with Crippen molar-refractivity contribution in [2.45, 2.75) is 19.5 Å². The van der Waals surface area contributed by atoms with E-state index in [1.807, 2.05) is 43.3 Å². The largest absolute Gasteiger partial charge is 0.497 e. The number of imide groups is 1. The molecule has 0 N–H and O–H groups in total. The first-order chi connectivity index (χ1) is 21.8. The van der Waals surface area contributed by atoms with Crippen LogP contribution in [0.15, 0.2) is 93.8 Å². The molecule has 45 heavy (non-hydrogen) atoms. The number of fused-ring (bicyclic) bond motifs is 2.